The Morgan fingerprint density at radius 2 is 1.92 bits per heavy atom. The fourth-order valence-corrected chi connectivity index (χ4v) is 4.98. The monoisotopic (exact) mass is 519 g/mol. The highest BCUT2D eigenvalue weighted by Crippen LogP contribution is 2.39. The van der Waals surface area contributed by atoms with E-state index >= 15 is 0 Å². The molecule has 6 nitrogen and oxygen atoms in total. The van der Waals surface area contributed by atoms with Crippen molar-refractivity contribution in [2.24, 2.45) is 0 Å². The van der Waals surface area contributed by atoms with E-state index in [9.17, 15) is 9.18 Å². The van der Waals surface area contributed by atoms with Gasteiger partial charge in [0.05, 0.1) is 23.5 Å². The molecule has 0 spiro atoms. The molecule has 1 saturated heterocycles. The molecule has 0 radical (unpaired) electrons. The van der Waals surface area contributed by atoms with Gasteiger partial charge in [-0.2, -0.15) is 0 Å². The van der Waals surface area contributed by atoms with Crippen molar-refractivity contribution >= 4 is 40.5 Å². The van der Waals surface area contributed by atoms with E-state index in [0.717, 1.165) is 17.1 Å². The highest BCUT2D eigenvalue weighted by Gasteiger charge is 2.41. The standard InChI is InChI=1S/C27H23ClFN5OS/c28-18-7-5-8-19(17-18)33-15-6-12-23(33)26-25(22-11-3-4-14-30-22)32-27(36)34(26)16-13-24(35)31-21-10-2-1-9-20(21)29/h1-12,14-15,17,25-26H,13,16H2,(H,31,35)(H,32,36)/t25-,26+/m1/s1. The molecule has 3 heterocycles. The van der Waals surface area contributed by atoms with Crippen LogP contribution in [-0.2, 0) is 4.79 Å². The number of pyridine rings is 1. The highest BCUT2D eigenvalue weighted by atomic mass is 35.5. The van der Waals surface area contributed by atoms with Gasteiger partial charge >= 0.3 is 0 Å². The quantitative estimate of drug-likeness (QED) is 0.308. The minimum Gasteiger partial charge on any atom is -0.352 e. The molecule has 2 aromatic heterocycles. The van der Waals surface area contributed by atoms with Gasteiger partial charge in [0, 0.05) is 41.8 Å². The van der Waals surface area contributed by atoms with Crippen LogP contribution in [0.4, 0.5) is 10.1 Å². The van der Waals surface area contributed by atoms with Gasteiger partial charge in [-0.15, -0.1) is 0 Å². The van der Waals surface area contributed by atoms with E-state index < -0.39 is 5.82 Å². The van der Waals surface area contributed by atoms with Gasteiger partial charge < -0.3 is 20.1 Å². The van der Waals surface area contributed by atoms with Crippen molar-refractivity contribution in [3.63, 3.8) is 0 Å². The van der Waals surface area contributed by atoms with Crippen LogP contribution in [0.1, 0.15) is 29.9 Å². The predicted molar refractivity (Wildman–Crippen MR) is 143 cm³/mol. The number of aromatic nitrogens is 2. The van der Waals surface area contributed by atoms with Crippen molar-refractivity contribution < 1.29 is 9.18 Å². The first-order chi connectivity index (χ1) is 17.5. The molecule has 1 fully saturated rings. The lowest BCUT2D eigenvalue weighted by Gasteiger charge is -2.29. The summed E-state index contributed by atoms with van der Waals surface area (Å²) in [7, 11) is 0. The number of hydrogen-bond acceptors (Lipinski definition) is 3. The average molecular weight is 520 g/mol. The maximum atomic E-state index is 14.0. The second kappa shape index (κ2) is 10.5. The number of thiocarbonyl (C=S) groups is 1. The molecule has 0 unspecified atom stereocenters. The molecule has 1 amide bonds. The number of rotatable bonds is 7. The Morgan fingerprint density at radius 3 is 2.69 bits per heavy atom. The molecule has 0 aliphatic carbocycles. The van der Waals surface area contributed by atoms with Crippen molar-refractivity contribution in [2.75, 3.05) is 11.9 Å². The van der Waals surface area contributed by atoms with E-state index in [-0.39, 0.29) is 30.1 Å². The number of amides is 1. The zero-order chi connectivity index (χ0) is 25.1. The zero-order valence-electron chi connectivity index (χ0n) is 19.1. The molecule has 0 saturated carbocycles. The molecule has 2 aromatic carbocycles. The topological polar surface area (TPSA) is 62.2 Å². The van der Waals surface area contributed by atoms with Crippen LogP contribution in [-0.4, -0.2) is 32.0 Å². The van der Waals surface area contributed by atoms with Gasteiger partial charge in [-0.25, -0.2) is 4.39 Å². The SMILES string of the molecule is O=C(CCN1C(=S)N[C@H](c2ccccn2)[C@@H]1c1cccn1-c1cccc(Cl)c1)Nc1ccccc1F. The molecule has 2 N–H and O–H groups in total. The van der Waals surface area contributed by atoms with Gasteiger partial charge in [0.15, 0.2) is 5.11 Å². The Kier molecular flexibility index (Phi) is 6.97. The number of carbonyl (C=O) groups excluding carboxylic acids is 1. The smallest absolute Gasteiger partial charge is 0.226 e. The molecule has 5 rings (SSSR count). The van der Waals surface area contributed by atoms with E-state index in [4.69, 9.17) is 23.8 Å². The van der Waals surface area contributed by atoms with Crippen molar-refractivity contribution in [2.45, 2.75) is 18.5 Å². The van der Waals surface area contributed by atoms with Crippen LogP contribution in [0.3, 0.4) is 0 Å². The largest absolute Gasteiger partial charge is 0.352 e. The maximum Gasteiger partial charge on any atom is 0.226 e. The summed E-state index contributed by atoms with van der Waals surface area (Å²) in [6, 6.07) is 23.0. The zero-order valence-corrected chi connectivity index (χ0v) is 20.7. The van der Waals surface area contributed by atoms with Crippen LogP contribution in [0.2, 0.25) is 5.02 Å². The van der Waals surface area contributed by atoms with Gasteiger partial charge in [-0.1, -0.05) is 35.9 Å². The van der Waals surface area contributed by atoms with E-state index in [2.05, 4.69) is 20.2 Å². The normalized spacial score (nSPS) is 17.2. The summed E-state index contributed by atoms with van der Waals surface area (Å²) >= 11 is 12.0. The number of nitrogens with zero attached hydrogens (tertiary/aromatic N) is 3. The van der Waals surface area contributed by atoms with Crippen LogP contribution in [0.15, 0.2) is 91.3 Å². The van der Waals surface area contributed by atoms with Gasteiger partial charge in [-0.05, 0) is 66.8 Å². The minimum absolute atomic E-state index is 0.124. The number of benzene rings is 2. The number of para-hydroxylation sites is 1. The number of hydrogen-bond donors (Lipinski definition) is 2. The molecule has 2 atom stereocenters. The third-order valence-electron chi connectivity index (χ3n) is 6.10. The molecule has 182 valence electrons. The molecule has 0 bridgehead atoms. The molecule has 4 aromatic rings. The number of carbonyl (C=O) groups is 1. The van der Waals surface area contributed by atoms with Gasteiger partial charge in [0.1, 0.15) is 5.82 Å². The minimum atomic E-state index is -0.475. The molecule has 36 heavy (non-hydrogen) atoms. The molecule has 9 heteroatoms. The van der Waals surface area contributed by atoms with Gasteiger partial charge in [0.25, 0.3) is 0 Å². The fourth-order valence-electron chi connectivity index (χ4n) is 4.46. The summed E-state index contributed by atoms with van der Waals surface area (Å²) in [5, 5.41) is 7.20. The van der Waals surface area contributed by atoms with Crippen molar-refractivity contribution in [3.8, 4) is 5.69 Å². The first-order valence-corrected chi connectivity index (χ1v) is 12.3. The molecular weight excluding hydrogens is 497 g/mol. The maximum absolute atomic E-state index is 14.0. The van der Waals surface area contributed by atoms with E-state index in [1.54, 1.807) is 18.3 Å². The number of anilines is 1. The second-order valence-corrected chi connectivity index (χ2v) is 9.20. The van der Waals surface area contributed by atoms with Crippen LogP contribution < -0.4 is 10.6 Å². The van der Waals surface area contributed by atoms with E-state index in [1.807, 2.05) is 65.7 Å². The van der Waals surface area contributed by atoms with Crippen LogP contribution >= 0.6 is 23.8 Å². The lowest BCUT2D eigenvalue weighted by Crippen LogP contribution is -2.33. The predicted octanol–water partition coefficient (Wildman–Crippen LogP) is 5.67. The van der Waals surface area contributed by atoms with Gasteiger partial charge in [-0.3, -0.25) is 9.78 Å². The number of nitrogens with one attached hydrogen (secondary N) is 2. The Balaban J connectivity index is 1.45. The highest BCUT2D eigenvalue weighted by molar-refractivity contribution is 7.80. The van der Waals surface area contributed by atoms with E-state index in [1.165, 1.54) is 12.1 Å². The Morgan fingerprint density at radius 1 is 1.08 bits per heavy atom. The third kappa shape index (κ3) is 4.96. The first-order valence-electron chi connectivity index (χ1n) is 11.5. The first kappa shape index (κ1) is 24.0. The van der Waals surface area contributed by atoms with Crippen LogP contribution in [0.5, 0.6) is 0 Å². The Bertz CT molecular complexity index is 1400. The summed E-state index contributed by atoms with van der Waals surface area (Å²) in [5.74, 6) is -0.773. The van der Waals surface area contributed by atoms with Crippen molar-refractivity contribution in [3.05, 3.63) is 113 Å². The molecule has 1 aliphatic heterocycles. The van der Waals surface area contributed by atoms with Crippen LogP contribution in [0.25, 0.3) is 5.69 Å². The van der Waals surface area contributed by atoms with Gasteiger partial charge in [0.2, 0.25) is 5.91 Å². The summed E-state index contributed by atoms with van der Waals surface area (Å²) < 4.78 is 16.1. The Hall–Kier alpha value is -3.75. The fraction of sp³-hybridized carbons (Fsp3) is 0.148. The van der Waals surface area contributed by atoms with Crippen molar-refractivity contribution in [1.82, 2.24) is 19.8 Å². The third-order valence-corrected chi connectivity index (χ3v) is 6.68. The number of halogens is 2. The summed E-state index contributed by atoms with van der Waals surface area (Å²) in [6.07, 6.45) is 3.85. The second-order valence-electron chi connectivity index (χ2n) is 8.38. The lowest BCUT2D eigenvalue weighted by atomic mass is 10.0. The summed E-state index contributed by atoms with van der Waals surface area (Å²) in [5.41, 5.74) is 2.87. The average Bonchev–Trinajstić information content (AvgIpc) is 3.49. The molecular formula is C27H23ClFN5OS. The van der Waals surface area contributed by atoms with E-state index in [0.29, 0.717) is 16.7 Å². The van der Waals surface area contributed by atoms with Crippen LogP contribution in [0, 0.1) is 5.82 Å². The molecule has 1 aliphatic rings. The summed E-state index contributed by atoms with van der Waals surface area (Å²) in [6.45, 7) is 0.334. The Labute approximate surface area is 218 Å². The van der Waals surface area contributed by atoms with Crippen molar-refractivity contribution in [1.29, 1.82) is 0 Å². The lowest BCUT2D eigenvalue weighted by molar-refractivity contribution is -0.116. The summed E-state index contributed by atoms with van der Waals surface area (Å²) in [4.78, 5) is 19.3.